The van der Waals surface area contributed by atoms with Crippen LogP contribution < -0.4 is 20.1 Å². The smallest absolute Gasteiger partial charge is 0.319 e. The van der Waals surface area contributed by atoms with E-state index in [-0.39, 0.29) is 11.8 Å². The Hall–Kier alpha value is -2.89. The fraction of sp³-hybridized carbons (Fsp3) is 0.350. The van der Waals surface area contributed by atoms with Crippen molar-refractivity contribution in [3.63, 3.8) is 0 Å². The second-order valence-electron chi connectivity index (χ2n) is 6.36. The molecule has 6 heteroatoms. The zero-order valence-electron chi connectivity index (χ0n) is 14.8. The monoisotopic (exact) mass is 356 g/mol. The average Bonchev–Trinajstić information content (AvgIpc) is 3.15. The molecule has 6 nitrogen and oxygen atoms in total. The first-order valence-corrected chi connectivity index (χ1v) is 8.81. The van der Waals surface area contributed by atoms with Crippen molar-refractivity contribution in [2.24, 2.45) is 0 Å². The van der Waals surface area contributed by atoms with Gasteiger partial charge in [0.25, 0.3) is 0 Å². The number of carbonyl (C=O) groups excluding carboxylic acids is 1. The number of rotatable bonds is 6. The van der Waals surface area contributed by atoms with Crippen LogP contribution in [0.1, 0.15) is 31.2 Å². The van der Waals surface area contributed by atoms with E-state index in [1.54, 1.807) is 18.2 Å². The summed E-state index contributed by atoms with van der Waals surface area (Å²) in [6, 6.07) is 12.1. The summed E-state index contributed by atoms with van der Waals surface area (Å²) in [6.45, 7) is 0.298. The van der Waals surface area contributed by atoms with Gasteiger partial charge in [-0.25, -0.2) is 4.79 Å². The van der Waals surface area contributed by atoms with E-state index in [0.717, 1.165) is 24.2 Å². The van der Waals surface area contributed by atoms with Gasteiger partial charge in [0.05, 0.1) is 13.2 Å². The Labute approximate surface area is 153 Å². The number of phenolic OH excluding ortho intramolecular Hbond substituents is 1. The van der Waals surface area contributed by atoms with Gasteiger partial charge in [0.2, 0.25) is 0 Å². The number of phenols is 1. The van der Waals surface area contributed by atoms with Crippen molar-refractivity contribution in [1.29, 1.82) is 0 Å². The molecular formula is C20H24N2O4. The fourth-order valence-corrected chi connectivity index (χ4v) is 3.02. The molecule has 0 heterocycles. The summed E-state index contributed by atoms with van der Waals surface area (Å²) in [5.74, 6) is 1.28. The number of ether oxygens (including phenoxy) is 2. The summed E-state index contributed by atoms with van der Waals surface area (Å²) in [6.07, 6.45) is 5.01. The predicted octanol–water partition coefficient (Wildman–Crippen LogP) is 4.04. The molecule has 0 aliphatic heterocycles. The molecule has 0 unspecified atom stereocenters. The van der Waals surface area contributed by atoms with E-state index in [1.165, 1.54) is 20.0 Å². The van der Waals surface area contributed by atoms with Crippen molar-refractivity contribution in [2.75, 3.05) is 12.4 Å². The number of hydrogen-bond acceptors (Lipinski definition) is 4. The third-order valence-corrected chi connectivity index (χ3v) is 4.41. The van der Waals surface area contributed by atoms with Crippen molar-refractivity contribution >= 4 is 11.7 Å². The molecular weight excluding hydrogens is 332 g/mol. The molecule has 0 saturated heterocycles. The van der Waals surface area contributed by atoms with Crippen LogP contribution in [0.2, 0.25) is 0 Å². The van der Waals surface area contributed by atoms with Gasteiger partial charge < -0.3 is 25.2 Å². The highest BCUT2D eigenvalue weighted by atomic mass is 16.5. The van der Waals surface area contributed by atoms with Crippen LogP contribution in [0, 0.1) is 0 Å². The van der Waals surface area contributed by atoms with E-state index in [4.69, 9.17) is 9.47 Å². The van der Waals surface area contributed by atoms with E-state index in [1.807, 2.05) is 24.3 Å². The second kappa shape index (κ2) is 8.47. The molecule has 1 aliphatic carbocycles. The van der Waals surface area contributed by atoms with E-state index in [9.17, 15) is 9.90 Å². The Morgan fingerprint density at radius 3 is 2.54 bits per heavy atom. The maximum Gasteiger partial charge on any atom is 0.319 e. The molecule has 0 atom stereocenters. The van der Waals surface area contributed by atoms with Crippen LogP contribution in [-0.4, -0.2) is 24.4 Å². The van der Waals surface area contributed by atoms with Gasteiger partial charge in [-0.05, 0) is 67.6 Å². The Bertz CT molecular complexity index is 740. The number of nitrogens with one attached hydrogen (secondary N) is 2. The van der Waals surface area contributed by atoms with Gasteiger partial charge in [-0.15, -0.1) is 0 Å². The van der Waals surface area contributed by atoms with Gasteiger partial charge in [-0.3, -0.25) is 0 Å². The third-order valence-electron chi connectivity index (χ3n) is 4.41. The largest absolute Gasteiger partial charge is 0.504 e. The van der Waals surface area contributed by atoms with Crippen LogP contribution >= 0.6 is 0 Å². The first-order chi connectivity index (χ1) is 12.6. The zero-order valence-corrected chi connectivity index (χ0v) is 14.8. The third kappa shape index (κ3) is 4.81. The number of anilines is 1. The Morgan fingerprint density at radius 1 is 1.15 bits per heavy atom. The lowest BCUT2D eigenvalue weighted by Gasteiger charge is -2.13. The van der Waals surface area contributed by atoms with Crippen LogP contribution in [0.4, 0.5) is 10.5 Å². The molecule has 0 aromatic heterocycles. The molecule has 1 saturated carbocycles. The zero-order chi connectivity index (χ0) is 18.4. The van der Waals surface area contributed by atoms with Gasteiger partial charge in [0.1, 0.15) is 5.75 Å². The topological polar surface area (TPSA) is 79.8 Å². The highest BCUT2D eigenvalue weighted by Crippen LogP contribution is 2.26. The summed E-state index contributed by atoms with van der Waals surface area (Å²) in [4.78, 5) is 12.0. The predicted molar refractivity (Wildman–Crippen MR) is 99.8 cm³/mol. The number of methoxy groups -OCH3 is 1. The van der Waals surface area contributed by atoms with Crippen LogP contribution in [0.25, 0.3) is 0 Å². The number of urea groups is 1. The van der Waals surface area contributed by atoms with Gasteiger partial charge >= 0.3 is 6.03 Å². The maximum atomic E-state index is 12.0. The minimum atomic E-state index is -0.315. The number of aromatic hydroxyl groups is 1. The van der Waals surface area contributed by atoms with Crippen LogP contribution in [0.15, 0.2) is 42.5 Å². The molecule has 3 N–H and O–H groups in total. The van der Waals surface area contributed by atoms with Crippen molar-refractivity contribution in [3.05, 3.63) is 48.0 Å². The van der Waals surface area contributed by atoms with E-state index >= 15 is 0 Å². The minimum absolute atomic E-state index is 0.0464. The Balaban J connectivity index is 1.47. The Kier molecular flexibility index (Phi) is 5.84. The van der Waals surface area contributed by atoms with E-state index in [2.05, 4.69) is 10.6 Å². The first kappa shape index (κ1) is 17.9. The number of amides is 2. The normalized spacial score (nSPS) is 14.0. The molecule has 2 aromatic carbocycles. The molecule has 0 bridgehead atoms. The quantitative estimate of drug-likeness (QED) is 0.730. The fourth-order valence-electron chi connectivity index (χ4n) is 3.02. The molecule has 3 rings (SSSR count). The summed E-state index contributed by atoms with van der Waals surface area (Å²) in [7, 11) is 1.49. The second-order valence-corrected chi connectivity index (χ2v) is 6.36. The summed E-state index contributed by atoms with van der Waals surface area (Å²) >= 11 is 0. The van der Waals surface area contributed by atoms with Gasteiger partial charge in [0.15, 0.2) is 11.5 Å². The SMILES string of the molecule is COc1ccc(CNC(=O)Nc2ccc(OC3CCCC3)cc2)cc1O. The van der Waals surface area contributed by atoms with Crippen LogP contribution in [0.3, 0.4) is 0 Å². The van der Waals surface area contributed by atoms with Gasteiger partial charge in [-0.2, -0.15) is 0 Å². The summed E-state index contributed by atoms with van der Waals surface area (Å²) in [5.41, 5.74) is 1.47. The number of carbonyl (C=O) groups is 1. The highest BCUT2D eigenvalue weighted by Gasteiger charge is 2.16. The van der Waals surface area contributed by atoms with Crippen molar-refractivity contribution in [1.82, 2.24) is 5.32 Å². The number of benzene rings is 2. The number of hydrogen-bond donors (Lipinski definition) is 3. The van der Waals surface area contributed by atoms with Gasteiger partial charge in [-0.1, -0.05) is 6.07 Å². The first-order valence-electron chi connectivity index (χ1n) is 8.81. The molecule has 1 aliphatic rings. The highest BCUT2D eigenvalue weighted by molar-refractivity contribution is 5.89. The van der Waals surface area contributed by atoms with Crippen LogP contribution in [0.5, 0.6) is 17.2 Å². The molecule has 138 valence electrons. The molecule has 0 radical (unpaired) electrons. The van der Waals surface area contributed by atoms with Crippen LogP contribution in [-0.2, 0) is 6.54 Å². The summed E-state index contributed by atoms with van der Waals surface area (Å²) < 4.78 is 10.9. The van der Waals surface area contributed by atoms with Crippen molar-refractivity contribution in [2.45, 2.75) is 38.3 Å². The Morgan fingerprint density at radius 2 is 1.88 bits per heavy atom. The lowest BCUT2D eigenvalue weighted by Crippen LogP contribution is -2.28. The minimum Gasteiger partial charge on any atom is -0.504 e. The lowest BCUT2D eigenvalue weighted by molar-refractivity contribution is 0.210. The average molecular weight is 356 g/mol. The van der Waals surface area contributed by atoms with Crippen molar-refractivity contribution < 1.29 is 19.4 Å². The molecule has 0 spiro atoms. The molecule has 2 amide bonds. The van der Waals surface area contributed by atoms with E-state index in [0.29, 0.717) is 24.1 Å². The molecule has 2 aromatic rings. The maximum absolute atomic E-state index is 12.0. The lowest BCUT2D eigenvalue weighted by atomic mass is 10.2. The summed E-state index contributed by atoms with van der Waals surface area (Å²) in [5, 5.41) is 15.3. The standard InChI is InChI=1S/C20H24N2O4/c1-25-19-11-6-14(12-18(19)23)13-21-20(24)22-15-7-9-17(10-8-15)26-16-4-2-3-5-16/h6-12,16,23H,2-5,13H2,1H3,(H2,21,22,24). The van der Waals surface area contributed by atoms with E-state index < -0.39 is 0 Å². The van der Waals surface area contributed by atoms with Gasteiger partial charge in [0, 0.05) is 12.2 Å². The molecule has 26 heavy (non-hydrogen) atoms. The molecule has 1 fully saturated rings. The van der Waals surface area contributed by atoms with Crippen molar-refractivity contribution in [3.8, 4) is 17.2 Å².